The molecule has 1 aromatic carbocycles. The highest BCUT2D eigenvalue weighted by Gasteiger charge is 2.15. The highest BCUT2D eigenvalue weighted by atomic mass is 16.5. The van der Waals surface area contributed by atoms with E-state index in [1.54, 1.807) is 0 Å². The molecular weight excluding hydrogens is 262 g/mol. The van der Waals surface area contributed by atoms with Gasteiger partial charge in [-0.25, -0.2) is 0 Å². The van der Waals surface area contributed by atoms with Gasteiger partial charge < -0.3 is 9.84 Å². The first-order chi connectivity index (χ1) is 9.92. The largest absolute Gasteiger partial charge is 0.494 e. The Hall–Kier alpha value is -1.06. The molecule has 120 valence electrons. The van der Waals surface area contributed by atoms with Crippen LogP contribution in [0.1, 0.15) is 46.3 Å². The molecule has 0 aliphatic rings. The molecule has 0 spiro atoms. The minimum atomic E-state index is -0.446. The summed E-state index contributed by atoms with van der Waals surface area (Å²) in [5, 5.41) is 10.5. The quantitative estimate of drug-likeness (QED) is 0.753. The molecule has 1 aromatic rings. The van der Waals surface area contributed by atoms with Crippen molar-refractivity contribution in [2.24, 2.45) is 11.8 Å². The minimum absolute atomic E-state index is 0.446. The molecule has 0 heterocycles. The molecule has 1 N–H and O–H groups in total. The molecule has 3 heteroatoms. The number of rotatable bonds is 9. The molecule has 0 amide bonds. The molecule has 21 heavy (non-hydrogen) atoms. The number of hydrogen-bond donors (Lipinski definition) is 1. The van der Waals surface area contributed by atoms with Crippen LogP contribution < -0.4 is 4.74 Å². The number of nitrogens with zero attached hydrogens (tertiary/aromatic N) is 1. The van der Waals surface area contributed by atoms with Crippen molar-refractivity contribution >= 4 is 0 Å². The molecule has 0 radical (unpaired) electrons. The molecule has 0 fully saturated rings. The van der Waals surface area contributed by atoms with Gasteiger partial charge in [0.1, 0.15) is 5.75 Å². The van der Waals surface area contributed by atoms with Gasteiger partial charge in [-0.1, -0.05) is 39.8 Å². The maximum atomic E-state index is 10.5. The van der Waals surface area contributed by atoms with Crippen molar-refractivity contribution < 1.29 is 9.84 Å². The van der Waals surface area contributed by atoms with Gasteiger partial charge in [-0.05, 0) is 36.5 Å². The molecule has 0 aliphatic heterocycles. The average Bonchev–Trinajstić information content (AvgIpc) is 2.38. The zero-order chi connectivity index (χ0) is 15.8. The second-order valence-electron chi connectivity index (χ2n) is 6.52. The maximum Gasteiger partial charge on any atom is 0.119 e. The van der Waals surface area contributed by atoms with E-state index in [4.69, 9.17) is 4.74 Å². The van der Waals surface area contributed by atoms with E-state index in [2.05, 4.69) is 32.6 Å². The monoisotopic (exact) mass is 293 g/mol. The fourth-order valence-electron chi connectivity index (χ4n) is 2.56. The molecule has 3 nitrogen and oxygen atoms in total. The van der Waals surface area contributed by atoms with E-state index in [1.807, 2.05) is 31.2 Å². The Morgan fingerprint density at radius 2 is 1.48 bits per heavy atom. The van der Waals surface area contributed by atoms with Gasteiger partial charge >= 0.3 is 0 Å². The number of benzene rings is 1. The van der Waals surface area contributed by atoms with Crippen LogP contribution >= 0.6 is 0 Å². The zero-order valence-electron chi connectivity index (χ0n) is 14.2. The molecule has 0 saturated heterocycles. The first-order valence-corrected chi connectivity index (χ1v) is 8.05. The van der Waals surface area contributed by atoms with Crippen LogP contribution in [0.15, 0.2) is 24.3 Å². The van der Waals surface area contributed by atoms with Gasteiger partial charge in [0, 0.05) is 19.6 Å². The standard InChI is InChI=1S/C18H31NO2/c1-6-21-17-9-7-16(8-10-17)18(20)13-19(11-14(2)3)12-15(4)5/h7-10,14-15,18,20H,6,11-13H2,1-5H3. The summed E-state index contributed by atoms with van der Waals surface area (Å²) in [7, 11) is 0. The van der Waals surface area contributed by atoms with Gasteiger partial charge in [0.15, 0.2) is 0 Å². The predicted molar refractivity (Wildman–Crippen MR) is 88.7 cm³/mol. The van der Waals surface area contributed by atoms with Gasteiger partial charge in [-0.2, -0.15) is 0 Å². The molecule has 0 aromatic heterocycles. The summed E-state index contributed by atoms with van der Waals surface area (Å²) >= 11 is 0. The van der Waals surface area contributed by atoms with Crippen LogP contribution in [0.25, 0.3) is 0 Å². The Balaban J connectivity index is 2.64. The average molecular weight is 293 g/mol. The molecule has 0 saturated carbocycles. The van der Waals surface area contributed by atoms with Gasteiger partial charge in [0.25, 0.3) is 0 Å². The smallest absolute Gasteiger partial charge is 0.119 e. The number of aliphatic hydroxyl groups excluding tert-OH is 1. The lowest BCUT2D eigenvalue weighted by atomic mass is 10.1. The van der Waals surface area contributed by atoms with Gasteiger partial charge in [0.05, 0.1) is 12.7 Å². The third-order valence-corrected chi connectivity index (χ3v) is 3.25. The minimum Gasteiger partial charge on any atom is -0.494 e. The highest BCUT2D eigenvalue weighted by molar-refractivity contribution is 5.28. The van der Waals surface area contributed by atoms with E-state index in [-0.39, 0.29) is 0 Å². The van der Waals surface area contributed by atoms with E-state index < -0.39 is 6.10 Å². The van der Waals surface area contributed by atoms with Crippen LogP contribution in [0.5, 0.6) is 5.75 Å². The summed E-state index contributed by atoms with van der Waals surface area (Å²) in [4.78, 5) is 2.36. The second kappa shape index (κ2) is 9.06. The third kappa shape index (κ3) is 6.96. The fraction of sp³-hybridized carbons (Fsp3) is 0.667. The summed E-state index contributed by atoms with van der Waals surface area (Å²) in [5.74, 6) is 2.07. The van der Waals surface area contributed by atoms with Crippen molar-refractivity contribution in [3.8, 4) is 5.75 Å². The van der Waals surface area contributed by atoms with Crippen LogP contribution in [0.3, 0.4) is 0 Å². The molecule has 1 atom stereocenters. The van der Waals surface area contributed by atoms with Crippen molar-refractivity contribution in [2.45, 2.75) is 40.7 Å². The number of aliphatic hydroxyl groups is 1. The van der Waals surface area contributed by atoms with E-state index in [0.29, 0.717) is 25.0 Å². The number of ether oxygens (including phenoxy) is 1. The second-order valence-corrected chi connectivity index (χ2v) is 6.52. The molecule has 1 unspecified atom stereocenters. The van der Waals surface area contributed by atoms with Crippen LogP contribution in [0, 0.1) is 11.8 Å². The molecular formula is C18H31NO2. The Morgan fingerprint density at radius 3 is 1.90 bits per heavy atom. The first-order valence-electron chi connectivity index (χ1n) is 8.05. The van der Waals surface area contributed by atoms with E-state index in [9.17, 15) is 5.11 Å². The first kappa shape index (κ1) is 18.0. The van der Waals surface area contributed by atoms with Crippen molar-refractivity contribution in [1.29, 1.82) is 0 Å². The Bertz CT molecular complexity index is 377. The Kier molecular flexibility index (Phi) is 7.76. The van der Waals surface area contributed by atoms with E-state index in [0.717, 1.165) is 24.4 Å². The SMILES string of the molecule is CCOc1ccc(C(O)CN(CC(C)C)CC(C)C)cc1. The van der Waals surface area contributed by atoms with Crippen molar-refractivity contribution in [3.63, 3.8) is 0 Å². The number of hydrogen-bond acceptors (Lipinski definition) is 3. The summed E-state index contributed by atoms with van der Waals surface area (Å²) in [5.41, 5.74) is 0.955. The van der Waals surface area contributed by atoms with Gasteiger partial charge in [-0.15, -0.1) is 0 Å². The predicted octanol–water partition coefficient (Wildman–Crippen LogP) is 3.73. The normalized spacial score (nSPS) is 13.2. The van der Waals surface area contributed by atoms with Gasteiger partial charge in [0.2, 0.25) is 0 Å². The van der Waals surface area contributed by atoms with E-state index in [1.165, 1.54) is 0 Å². The van der Waals surface area contributed by atoms with Crippen molar-refractivity contribution in [2.75, 3.05) is 26.2 Å². The van der Waals surface area contributed by atoms with Crippen LogP contribution in [-0.2, 0) is 0 Å². The Labute approximate surface area is 129 Å². The lowest BCUT2D eigenvalue weighted by Crippen LogP contribution is -2.35. The van der Waals surface area contributed by atoms with Crippen molar-refractivity contribution in [3.05, 3.63) is 29.8 Å². The van der Waals surface area contributed by atoms with Crippen LogP contribution in [-0.4, -0.2) is 36.2 Å². The Morgan fingerprint density at radius 1 is 0.952 bits per heavy atom. The lowest BCUT2D eigenvalue weighted by Gasteiger charge is -2.28. The summed E-state index contributed by atoms with van der Waals surface area (Å²) in [6, 6.07) is 7.77. The van der Waals surface area contributed by atoms with Crippen molar-refractivity contribution in [1.82, 2.24) is 4.90 Å². The zero-order valence-corrected chi connectivity index (χ0v) is 14.2. The summed E-state index contributed by atoms with van der Waals surface area (Å²) < 4.78 is 5.43. The fourth-order valence-corrected chi connectivity index (χ4v) is 2.56. The topological polar surface area (TPSA) is 32.7 Å². The lowest BCUT2D eigenvalue weighted by molar-refractivity contribution is 0.0986. The maximum absolute atomic E-state index is 10.5. The van der Waals surface area contributed by atoms with Crippen LogP contribution in [0.2, 0.25) is 0 Å². The highest BCUT2D eigenvalue weighted by Crippen LogP contribution is 2.19. The van der Waals surface area contributed by atoms with Crippen LogP contribution in [0.4, 0.5) is 0 Å². The van der Waals surface area contributed by atoms with Gasteiger partial charge in [-0.3, -0.25) is 4.90 Å². The molecule has 0 bridgehead atoms. The summed E-state index contributed by atoms with van der Waals surface area (Å²) in [6.07, 6.45) is -0.446. The molecule has 0 aliphatic carbocycles. The van der Waals surface area contributed by atoms with E-state index >= 15 is 0 Å². The summed E-state index contributed by atoms with van der Waals surface area (Å²) in [6.45, 7) is 14.2. The third-order valence-electron chi connectivity index (χ3n) is 3.25. The molecule has 1 rings (SSSR count).